The van der Waals surface area contributed by atoms with E-state index < -0.39 is 10.9 Å². The van der Waals surface area contributed by atoms with Gasteiger partial charge in [-0.15, -0.1) is 0 Å². The smallest absolute Gasteiger partial charge is 0.336 e. The number of nitrogens with one attached hydrogen (secondary N) is 1. The average molecular weight is 376 g/mol. The molecule has 2 aromatic carbocycles. The summed E-state index contributed by atoms with van der Waals surface area (Å²) in [6, 6.07) is 13.6. The number of aromatic carboxylic acids is 1. The van der Waals surface area contributed by atoms with E-state index in [1.807, 2.05) is 0 Å². The Labute approximate surface area is 157 Å². The third-order valence-electron chi connectivity index (χ3n) is 4.28. The normalized spacial score (nSPS) is 10.9. The van der Waals surface area contributed by atoms with Gasteiger partial charge in [0.1, 0.15) is 5.75 Å². The molecule has 4 aromatic rings. The fourth-order valence-corrected chi connectivity index (χ4v) is 3.00. The van der Waals surface area contributed by atoms with E-state index in [0.717, 1.165) is 0 Å². The van der Waals surface area contributed by atoms with Crippen molar-refractivity contribution in [3.05, 3.63) is 70.3 Å². The highest BCUT2D eigenvalue weighted by Crippen LogP contribution is 2.34. The zero-order valence-electron chi connectivity index (χ0n) is 14.2. The zero-order valence-corrected chi connectivity index (χ0v) is 14.2. The largest absolute Gasteiger partial charge is 0.507 e. The van der Waals surface area contributed by atoms with Crippen LogP contribution in [0.2, 0.25) is 0 Å². The summed E-state index contributed by atoms with van der Waals surface area (Å²) in [5.41, 5.74) is 1.25. The highest BCUT2D eigenvalue weighted by Gasteiger charge is 2.21. The molecule has 0 fully saturated rings. The molecule has 0 saturated heterocycles. The number of non-ortho nitro benzene ring substituents is 1. The molecule has 9 heteroatoms. The van der Waals surface area contributed by atoms with Crippen molar-refractivity contribution in [2.45, 2.75) is 0 Å². The molecule has 0 amide bonds. The van der Waals surface area contributed by atoms with E-state index in [1.165, 1.54) is 30.3 Å². The number of aromatic amines is 1. The Hall–Kier alpha value is -4.27. The Morgan fingerprint density at radius 3 is 2.61 bits per heavy atom. The highest BCUT2D eigenvalue weighted by atomic mass is 16.6. The van der Waals surface area contributed by atoms with Crippen molar-refractivity contribution < 1.29 is 19.9 Å². The van der Waals surface area contributed by atoms with Gasteiger partial charge in [-0.2, -0.15) is 5.10 Å². The summed E-state index contributed by atoms with van der Waals surface area (Å²) in [7, 11) is 0. The van der Waals surface area contributed by atoms with Crippen LogP contribution in [-0.4, -0.2) is 36.3 Å². The fraction of sp³-hybridized carbons (Fsp3) is 0. The number of carbonyl (C=O) groups is 1. The first-order chi connectivity index (χ1) is 13.5. The first-order valence-corrected chi connectivity index (χ1v) is 8.11. The van der Waals surface area contributed by atoms with Gasteiger partial charge in [0.05, 0.1) is 27.3 Å². The third-order valence-corrected chi connectivity index (χ3v) is 4.28. The van der Waals surface area contributed by atoms with Crippen LogP contribution < -0.4 is 0 Å². The molecule has 0 unspecified atom stereocenters. The fourth-order valence-electron chi connectivity index (χ4n) is 3.00. The van der Waals surface area contributed by atoms with Gasteiger partial charge in [-0.1, -0.05) is 24.3 Å². The lowest BCUT2D eigenvalue weighted by Crippen LogP contribution is -2.00. The van der Waals surface area contributed by atoms with Crippen LogP contribution in [0.3, 0.4) is 0 Å². The topological polar surface area (TPSA) is 142 Å². The van der Waals surface area contributed by atoms with Crippen molar-refractivity contribution in [3.63, 3.8) is 0 Å². The van der Waals surface area contributed by atoms with Crippen molar-refractivity contribution in [3.8, 4) is 28.3 Å². The van der Waals surface area contributed by atoms with Gasteiger partial charge in [-0.05, 0) is 18.2 Å². The van der Waals surface area contributed by atoms with Gasteiger partial charge in [-0.25, -0.2) is 9.78 Å². The van der Waals surface area contributed by atoms with E-state index in [-0.39, 0.29) is 33.7 Å². The molecule has 0 aliphatic rings. The summed E-state index contributed by atoms with van der Waals surface area (Å²) >= 11 is 0. The number of fused-ring (bicyclic) bond motifs is 1. The molecular weight excluding hydrogens is 364 g/mol. The molecule has 0 atom stereocenters. The average Bonchev–Trinajstić information content (AvgIpc) is 3.11. The number of H-pyrrole nitrogens is 1. The number of aromatic nitrogens is 3. The zero-order chi connectivity index (χ0) is 19.8. The molecule has 138 valence electrons. The van der Waals surface area contributed by atoms with Gasteiger partial charge in [0.2, 0.25) is 0 Å². The summed E-state index contributed by atoms with van der Waals surface area (Å²) in [6.07, 6.45) is 0. The number of phenolic OH excluding ortho intramolecular Hbond substituents is 1. The molecule has 9 nitrogen and oxygen atoms in total. The summed E-state index contributed by atoms with van der Waals surface area (Å²) in [5.74, 6) is -1.25. The van der Waals surface area contributed by atoms with E-state index >= 15 is 0 Å². The second-order valence-electron chi connectivity index (χ2n) is 5.98. The van der Waals surface area contributed by atoms with Crippen molar-refractivity contribution in [1.29, 1.82) is 0 Å². The Kier molecular flexibility index (Phi) is 3.96. The minimum atomic E-state index is -1.21. The molecule has 0 aliphatic carbocycles. The van der Waals surface area contributed by atoms with E-state index in [4.69, 9.17) is 0 Å². The summed E-state index contributed by atoms with van der Waals surface area (Å²) in [4.78, 5) is 26.8. The molecule has 0 radical (unpaired) electrons. The standard InChI is InChI=1S/C19H12N4O5/c24-15-7-2-1-6-12(15)14-9-13(19(25)26)16-17(21-22-18(16)20-14)10-4-3-5-11(8-10)23(27)28/h1-9,24H,(H,25,26)(H,20,21,22). The Balaban J connectivity index is 1.97. The van der Waals surface area contributed by atoms with Crippen LogP contribution in [0.4, 0.5) is 5.69 Å². The Bertz CT molecular complexity index is 1250. The van der Waals surface area contributed by atoms with E-state index in [0.29, 0.717) is 16.8 Å². The second kappa shape index (κ2) is 6.47. The Morgan fingerprint density at radius 1 is 1.11 bits per heavy atom. The maximum atomic E-state index is 11.9. The van der Waals surface area contributed by atoms with Crippen LogP contribution >= 0.6 is 0 Å². The lowest BCUT2D eigenvalue weighted by atomic mass is 10.0. The van der Waals surface area contributed by atoms with Gasteiger partial charge in [0.25, 0.3) is 5.69 Å². The van der Waals surface area contributed by atoms with Crippen LogP contribution in [0.25, 0.3) is 33.5 Å². The highest BCUT2D eigenvalue weighted by molar-refractivity contribution is 6.08. The van der Waals surface area contributed by atoms with Gasteiger partial charge < -0.3 is 10.2 Å². The quantitative estimate of drug-likeness (QED) is 0.365. The molecule has 0 aliphatic heterocycles. The number of nitro benzene ring substituents is 1. The van der Waals surface area contributed by atoms with Crippen molar-refractivity contribution in [1.82, 2.24) is 15.2 Å². The number of rotatable bonds is 4. The first-order valence-electron chi connectivity index (χ1n) is 8.11. The number of benzene rings is 2. The van der Waals surface area contributed by atoms with Crippen LogP contribution in [0.15, 0.2) is 54.6 Å². The number of hydrogen-bond acceptors (Lipinski definition) is 6. The van der Waals surface area contributed by atoms with Crippen LogP contribution in [0.5, 0.6) is 5.75 Å². The molecule has 3 N–H and O–H groups in total. The number of hydrogen-bond donors (Lipinski definition) is 3. The molecule has 4 rings (SSSR count). The van der Waals surface area contributed by atoms with E-state index in [1.54, 1.807) is 24.3 Å². The van der Waals surface area contributed by atoms with E-state index in [2.05, 4.69) is 15.2 Å². The van der Waals surface area contributed by atoms with Crippen molar-refractivity contribution in [2.24, 2.45) is 0 Å². The number of aromatic hydroxyl groups is 1. The van der Waals surface area contributed by atoms with E-state index in [9.17, 15) is 25.1 Å². The summed E-state index contributed by atoms with van der Waals surface area (Å²) in [6.45, 7) is 0. The number of carboxylic acids is 1. The lowest BCUT2D eigenvalue weighted by molar-refractivity contribution is -0.384. The maximum Gasteiger partial charge on any atom is 0.336 e. The molecule has 2 heterocycles. The third kappa shape index (κ3) is 2.80. The van der Waals surface area contributed by atoms with Crippen LogP contribution in [0.1, 0.15) is 10.4 Å². The van der Waals surface area contributed by atoms with Gasteiger partial charge in [0.15, 0.2) is 5.65 Å². The monoisotopic (exact) mass is 376 g/mol. The van der Waals surface area contributed by atoms with Crippen LogP contribution in [-0.2, 0) is 0 Å². The molecule has 0 bridgehead atoms. The van der Waals surface area contributed by atoms with Crippen molar-refractivity contribution >= 4 is 22.7 Å². The molecule has 28 heavy (non-hydrogen) atoms. The lowest BCUT2D eigenvalue weighted by Gasteiger charge is -2.07. The number of nitro groups is 1. The molecule has 0 spiro atoms. The predicted octanol–water partition coefficient (Wildman–Crippen LogP) is 3.60. The van der Waals surface area contributed by atoms with Crippen molar-refractivity contribution in [2.75, 3.05) is 0 Å². The summed E-state index contributed by atoms with van der Waals surface area (Å²) in [5, 5.41) is 37.8. The molecule has 2 aromatic heterocycles. The molecular formula is C19H12N4O5. The minimum absolute atomic E-state index is 0.0415. The number of pyridine rings is 1. The maximum absolute atomic E-state index is 11.9. The summed E-state index contributed by atoms with van der Waals surface area (Å²) < 4.78 is 0. The minimum Gasteiger partial charge on any atom is -0.507 e. The van der Waals surface area contributed by atoms with Gasteiger partial charge >= 0.3 is 5.97 Å². The second-order valence-corrected chi connectivity index (χ2v) is 5.98. The number of phenols is 1. The van der Waals surface area contributed by atoms with Gasteiger partial charge in [-0.3, -0.25) is 15.2 Å². The Morgan fingerprint density at radius 2 is 1.89 bits per heavy atom. The number of carboxylic acid groups (broad SMARTS) is 1. The first kappa shape index (κ1) is 17.2. The number of para-hydroxylation sites is 1. The van der Waals surface area contributed by atoms with Gasteiger partial charge in [0, 0.05) is 23.3 Å². The SMILES string of the molecule is O=C(O)c1cc(-c2ccccc2O)nc2n[nH]c(-c3cccc([N+](=O)[O-])c3)c12. The molecule has 0 saturated carbocycles. The number of nitrogens with zero attached hydrogens (tertiary/aromatic N) is 3. The van der Waals surface area contributed by atoms with Crippen LogP contribution in [0, 0.1) is 10.1 Å². The predicted molar refractivity (Wildman–Crippen MR) is 100 cm³/mol.